The number of fused-ring (bicyclic) bond motifs is 1. The van der Waals surface area contributed by atoms with Crippen LogP contribution in [0.4, 0.5) is 4.79 Å². The van der Waals surface area contributed by atoms with Crippen molar-refractivity contribution < 1.29 is 14.3 Å². The number of likely N-dealkylation sites (tertiary alicyclic amines) is 1. The van der Waals surface area contributed by atoms with Gasteiger partial charge in [-0.05, 0) is 61.3 Å². The third kappa shape index (κ3) is 3.61. The Morgan fingerprint density at radius 1 is 1.14 bits per heavy atom. The summed E-state index contributed by atoms with van der Waals surface area (Å²) in [5, 5.41) is 4.09. The summed E-state index contributed by atoms with van der Waals surface area (Å²) in [5.41, 5.74) is 4.19. The smallest absolute Gasteiger partial charge is 0.344 e. The molecular formula is C22H27N3O3. The normalized spacial score (nSPS) is 23.8. The zero-order chi connectivity index (χ0) is 19.8. The highest BCUT2D eigenvalue weighted by molar-refractivity contribution is 5.92. The van der Waals surface area contributed by atoms with E-state index >= 15 is 0 Å². The van der Waals surface area contributed by atoms with Gasteiger partial charge in [-0.3, -0.25) is 4.79 Å². The van der Waals surface area contributed by atoms with Crippen molar-refractivity contribution in [3.63, 3.8) is 0 Å². The highest BCUT2D eigenvalue weighted by Crippen LogP contribution is 2.40. The van der Waals surface area contributed by atoms with Gasteiger partial charge in [0.05, 0.1) is 12.7 Å². The van der Waals surface area contributed by atoms with Crippen LogP contribution in [0.1, 0.15) is 46.9 Å². The fourth-order valence-electron chi connectivity index (χ4n) is 4.48. The number of amides is 1. The lowest BCUT2D eigenvalue weighted by Crippen LogP contribution is -2.34. The van der Waals surface area contributed by atoms with Gasteiger partial charge in [0, 0.05) is 26.2 Å². The first kappa shape index (κ1) is 18.9. The first-order chi connectivity index (χ1) is 13.4. The molecular weight excluding hydrogens is 354 g/mol. The molecule has 1 aromatic carbocycles. The molecule has 1 aliphatic heterocycles. The second kappa shape index (κ2) is 7.51. The summed E-state index contributed by atoms with van der Waals surface area (Å²) >= 11 is 0. The van der Waals surface area contributed by atoms with Gasteiger partial charge < -0.3 is 9.64 Å². The van der Waals surface area contributed by atoms with Crippen LogP contribution in [0.25, 0.3) is 0 Å². The van der Waals surface area contributed by atoms with Crippen molar-refractivity contribution in [2.24, 2.45) is 11.8 Å². The maximum atomic E-state index is 12.7. The molecule has 2 aromatic rings. The first-order valence-corrected chi connectivity index (χ1v) is 9.95. The Labute approximate surface area is 165 Å². The van der Waals surface area contributed by atoms with Crippen LogP contribution in [-0.4, -0.2) is 45.7 Å². The van der Waals surface area contributed by atoms with Crippen LogP contribution in [0.15, 0.2) is 30.5 Å². The van der Waals surface area contributed by atoms with Gasteiger partial charge in [0.25, 0.3) is 0 Å². The molecule has 6 nitrogen and oxygen atoms in total. The van der Waals surface area contributed by atoms with E-state index in [4.69, 9.17) is 4.74 Å². The lowest BCUT2D eigenvalue weighted by Gasteiger charge is -2.19. The van der Waals surface area contributed by atoms with Crippen molar-refractivity contribution in [3.8, 4) is 0 Å². The second-order valence-corrected chi connectivity index (χ2v) is 8.17. The SMILES string of the molecule is CC(=O)c1ccn(C(=O)N2C[C@H]3C[C@@H](OCc4cccc(C)c4C)C[C@H]3C2)n1. The van der Waals surface area contributed by atoms with E-state index in [9.17, 15) is 9.59 Å². The first-order valence-electron chi connectivity index (χ1n) is 9.95. The highest BCUT2D eigenvalue weighted by Gasteiger charge is 2.43. The average Bonchev–Trinajstić information content (AvgIpc) is 3.36. The molecule has 0 N–H and O–H groups in total. The Morgan fingerprint density at radius 3 is 2.50 bits per heavy atom. The summed E-state index contributed by atoms with van der Waals surface area (Å²) in [5.74, 6) is 0.833. The van der Waals surface area contributed by atoms with E-state index in [0.29, 0.717) is 24.1 Å². The van der Waals surface area contributed by atoms with E-state index in [1.807, 2.05) is 4.90 Å². The van der Waals surface area contributed by atoms with Crippen molar-refractivity contribution in [3.05, 3.63) is 52.8 Å². The Morgan fingerprint density at radius 2 is 1.86 bits per heavy atom. The zero-order valence-corrected chi connectivity index (χ0v) is 16.7. The molecule has 3 atom stereocenters. The topological polar surface area (TPSA) is 64.4 Å². The van der Waals surface area contributed by atoms with Crippen LogP contribution in [0.2, 0.25) is 0 Å². The lowest BCUT2D eigenvalue weighted by atomic mass is 10.0. The van der Waals surface area contributed by atoms with E-state index in [0.717, 1.165) is 25.9 Å². The molecule has 1 amide bonds. The molecule has 28 heavy (non-hydrogen) atoms. The molecule has 2 fully saturated rings. The molecule has 1 saturated carbocycles. The number of Topliss-reactive ketones (excluding diaryl/α,β-unsaturated/α-hetero) is 1. The molecule has 1 aromatic heterocycles. The molecule has 0 unspecified atom stereocenters. The highest BCUT2D eigenvalue weighted by atomic mass is 16.5. The third-order valence-corrected chi connectivity index (χ3v) is 6.32. The van der Waals surface area contributed by atoms with Gasteiger partial charge in [-0.2, -0.15) is 9.78 Å². The number of nitrogens with zero attached hydrogens (tertiary/aromatic N) is 3. The van der Waals surface area contributed by atoms with E-state index < -0.39 is 0 Å². The predicted molar refractivity (Wildman–Crippen MR) is 105 cm³/mol. The quantitative estimate of drug-likeness (QED) is 0.759. The van der Waals surface area contributed by atoms with Crippen LogP contribution in [-0.2, 0) is 11.3 Å². The minimum atomic E-state index is -0.144. The van der Waals surface area contributed by atoms with Gasteiger partial charge in [-0.1, -0.05) is 18.2 Å². The molecule has 1 aliphatic carbocycles. The van der Waals surface area contributed by atoms with Gasteiger partial charge in [-0.25, -0.2) is 4.79 Å². The molecule has 0 radical (unpaired) electrons. The molecule has 2 aliphatic rings. The monoisotopic (exact) mass is 381 g/mol. The molecule has 1 saturated heterocycles. The lowest BCUT2D eigenvalue weighted by molar-refractivity contribution is 0.0380. The molecule has 0 spiro atoms. The van der Waals surface area contributed by atoms with Crippen molar-refractivity contribution >= 4 is 11.8 Å². The maximum Gasteiger partial charge on any atom is 0.344 e. The predicted octanol–water partition coefficient (Wildman–Crippen LogP) is 3.60. The zero-order valence-electron chi connectivity index (χ0n) is 16.7. The number of aryl methyl sites for hydroxylation is 1. The van der Waals surface area contributed by atoms with Crippen molar-refractivity contribution in [2.75, 3.05) is 13.1 Å². The number of ketones is 1. The van der Waals surface area contributed by atoms with E-state index in [-0.39, 0.29) is 17.9 Å². The molecule has 0 bridgehead atoms. The van der Waals surface area contributed by atoms with E-state index in [2.05, 4.69) is 37.1 Å². The van der Waals surface area contributed by atoms with Gasteiger partial charge in [0.2, 0.25) is 0 Å². The third-order valence-electron chi connectivity index (χ3n) is 6.32. The summed E-state index contributed by atoms with van der Waals surface area (Å²) in [7, 11) is 0. The van der Waals surface area contributed by atoms with Crippen LogP contribution < -0.4 is 0 Å². The van der Waals surface area contributed by atoms with Crippen molar-refractivity contribution in [1.29, 1.82) is 0 Å². The summed E-state index contributed by atoms with van der Waals surface area (Å²) in [6.07, 6.45) is 3.83. The Hall–Kier alpha value is -2.47. The second-order valence-electron chi connectivity index (χ2n) is 8.17. The summed E-state index contributed by atoms with van der Waals surface area (Å²) in [6.45, 7) is 7.86. The number of hydrogen-bond donors (Lipinski definition) is 0. The standard InChI is InChI=1S/C22H27N3O3/c1-14-5-4-6-17(15(14)2)13-28-20-9-18-11-24(12-19(18)10-20)22(27)25-8-7-21(23-25)16(3)26/h4-8,18-20H,9-13H2,1-3H3/t18-,19+,20-. The number of hydrogen-bond acceptors (Lipinski definition) is 4. The number of aromatic nitrogens is 2. The van der Waals surface area contributed by atoms with Gasteiger partial charge >= 0.3 is 6.03 Å². The van der Waals surface area contributed by atoms with E-state index in [1.165, 1.54) is 28.3 Å². The minimum absolute atomic E-state index is 0.131. The molecule has 148 valence electrons. The number of ether oxygens (including phenoxy) is 1. The van der Waals surface area contributed by atoms with Gasteiger partial charge in [0.15, 0.2) is 5.78 Å². The number of benzene rings is 1. The molecule has 4 rings (SSSR count). The van der Waals surface area contributed by atoms with Crippen molar-refractivity contribution in [1.82, 2.24) is 14.7 Å². The Bertz CT molecular complexity index is 890. The number of rotatable bonds is 4. The maximum absolute atomic E-state index is 12.7. The van der Waals surface area contributed by atoms with E-state index in [1.54, 1.807) is 12.3 Å². The Balaban J connectivity index is 1.31. The van der Waals surface area contributed by atoms with Crippen LogP contribution in [0, 0.1) is 25.7 Å². The number of carbonyl (C=O) groups is 2. The largest absolute Gasteiger partial charge is 0.374 e. The fourth-order valence-corrected chi connectivity index (χ4v) is 4.48. The molecule has 6 heteroatoms. The van der Waals surface area contributed by atoms with Crippen LogP contribution in [0.5, 0.6) is 0 Å². The fraction of sp³-hybridized carbons (Fsp3) is 0.500. The van der Waals surface area contributed by atoms with Gasteiger partial charge in [-0.15, -0.1) is 0 Å². The van der Waals surface area contributed by atoms with Crippen LogP contribution in [0.3, 0.4) is 0 Å². The number of carbonyl (C=O) groups excluding carboxylic acids is 2. The van der Waals surface area contributed by atoms with Crippen molar-refractivity contribution in [2.45, 2.75) is 46.3 Å². The summed E-state index contributed by atoms with van der Waals surface area (Å²) in [4.78, 5) is 25.9. The Kier molecular flexibility index (Phi) is 5.06. The average molecular weight is 381 g/mol. The van der Waals surface area contributed by atoms with Gasteiger partial charge in [0.1, 0.15) is 5.69 Å². The summed E-state index contributed by atoms with van der Waals surface area (Å²) in [6, 6.07) is 7.80. The minimum Gasteiger partial charge on any atom is -0.374 e. The van der Waals surface area contributed by atoms with Crippen LogP contribution >= 0.6 is 0 Å². The summed E-state index contributed by atoms with van der Waals surface area (Å²) < 4.78 is 7.50. The molecule has 2 heterocycles.